The van der Waals surface area contributed by atoms with Crippen LogP contribution in [0, 0.1) is 5.82 Å². The molecule has 0 saturated heterocycles. The van der Waals surface area contributed by atoms with E-state index in [1.54, 1.807) is 0 Å². The molecule has 7 heteroatoms. The van der Waals surface area contributed by atoms with Gasteiger partial charge in [-0.05, 0) is 31.2 Å². The van der Waals surface area contributed by atoms with Crippen LogP contribution in [0.2, 0.25) is 0 Å². The molecule has 1 aromatic carbocycles. The summed E-state index contributed by atoms with van der Waals surface area (Å²) in [6, 6.07) is 3.98. The van der Waals surface area contributed by atoms with E-state index in [0.29, 0.717) is 0 Å². The van der Waals surface area contributed by atoms with Crippen LogP contribution in [0.1, 0.15) is 17.3 Å². The summed E-state index contributed by atoms with van der Waals surface area (Å²) < 4.78 is 17.5. The first-order chi connectivity index (χ1) is 8.93. The van der Waals surface area contributed by atoms with Crippen molar-refractivity contribution in [1.29, 1.82) is 0 Å². The number of urea groups is 1. The van der Waals surface area contributed by atoms with Gasteiger partial charge in [-0.2, -0.15) is 0 Å². The molecule has 102 valence electrons. The van der Waals surface area contributed by atoms with E-state index in [1.807, 2.05) is 5.32 Å². The van der Waals surface area contributed by atoms with Gasteiger partial charge in [0.2, 0.25) is 0 Å². The number of hydrogen-bond donors (Lipinski definition) is 2. The van der Waals surface area contributed by atoms with Crippen LogP contribution in [0.15, 0.2) is 24.3 Å². The Morgan fingerprint density at radius 2 is 1.79 bits per heavy atom. The number of benzene rings is 1. The molecule has 3 amide bonds. The number of carbonyl (C=O) groups excluding carboxylic acids is 3. The zero-order valence-corrected chi connectivity index (χ0v) is 10.4. The normalized spacial score (nSPS) is 11.3. The standard InChI is InChI=1S/C12H13FN2O4/c1-7(10(16)15-12(18)14-2)19-11(17)8-3-5-9(13)6-4-8/h3-7H,1-2H3,(H2,14,15,16,18)/t7-/m0/s1. The first-order valence-electron chi connectivity index (χ1n) is 5.43. The molecule has 1 rings (SSSR count). The van der Waals surface area contributed by atoms with Crippen LogP contribution in [0.4, 0.5) is 9.18 Å². The highest BCUT2D eigenvalue weighted by Crippen LogP contribution is 2.06. The Hall–Kier alpha value is -2.44. The lowest BCUT2D eigenvalue weighted by molar-refractivity contribution is -0.127. The third-order valence-corrected chi connectivity index (χ3v) is 2.20. The summed E-state index contributed by atoms with van der Waals surface area (Å²) >= 11 is 0. The summed E-state index contributed by atoms with van der Waals surface area (Å²) in [6.07, 6.45) is -1.14. The zero-order valence-electron chi connectivity index (χ0n) is 10.4. The molecule has 1 atom stereocenters. The average molecular weight is 268 g/mol. The number of halogens is 1. The van der Waals surface area contributed by atoms with E-state index in [1.165, 1.54) is 26.1 Å². The van der Waals surface area contributed by atoms with Gasteiger partial charge in [-0.1, -0.05) is 0 Å². The monoisotopic (exact) mass is 268 g/mol. The van der Waals surface area contributed by atoms with Crippen molar-refractivity contribution in [3.05, 3.63) is 35.6 Å². The maximum absolute atomic E-state index is 12.7. The summed E-state index contributed by atoms with van der Waals surface area (Å²) in [5, 5.41) is 4.16. The minimum Gasteiger partial charge on any atom is -0.449 e. The van der Waals surface area contributed by atoms with Gasteiger partial charge >= 0.3 is 12.0 Å². The minimum absolute atomic E-state index is 0.112. The highest BCUT2D eigenvalue weighted by Gasteiger charge is 2.20. The van der Waals surface area contributed by atoms with E-state index < -0.39 is 29.8 Å². The molecule has 0 aliphatic rings. The number of esters is 1. The molecule has 0 spiro atoms. The minimum atomic E-state index is -1.14. The van der Waals surface area contributed by atoms with Gasteiger partial charge in [0.05, 0.1) is 5.56 Å². The van der Waals surface area contributed by atoms with Gasteiger partial charge in [0.1, 0.15) is 5.82 Å². The van der Waals surface area contributed by atoms with Gasteiger partial charge in [-0.25, -0.2) is 14.0 Å². The van der Waals surface area contributed by atoms with Crippen molar-refractivity contribution in [1.82, 2.24) is 10.6 Å². The quantitative estimate of drug-likeness (QED) is 0.795. The Morgan fingerprint density at radius 3 is 2.32 bits per heavy atom. The van der Waals surface area contributed by atoms with Crippen LogP contribution in [-0.4, -0.2) is 31.1 Å². The van der Waals surface area contributed by atoms with Gasteiger partial charge in [0, 0.05) is 7.05 Å². The molecule has 1 aromatic rings. The Bertz CT molecular complexity index is 487. The molecule has 0 fully saturated rings. The Balaban J connectivity index is 2.59. The lowest BCUT2D eigenvalue weighted by atomic mass is 10.2. The molecule has 19 heavy (non-hydrogen) atoms. The van der Waals surface area contributed by atoms with Crippen LogP contribution in [0.5, 0.6) is 0 Å². The number of ether oxygens (including phenoxy) is 1. The van der Waals surface area contributed by atoms with Crippen molar-refractivity contribution in [2.45, 2.75) is 13.0 Å². The topological polar surface area (TPSA) is 84.5 Å². The van der Waals surface area contributed by atoms with Gasteiger partial charge < -0.3 is 10.1 Å². The van der Waals surface area contributed by atoms with E-state index in [9.17, 15) is 18.8 Å². The first-order valence-corrected chi connectivity index (χ1v) is 5.43. The summed E-state index contributed by atoms with van der Waals surface area (Å²) in [7, 11) is 1.35. The van der Waals surface area contributed by atoms with Crippen molar-refractivity contribution < 1.29 is 23.5 Å². The van der Waals surface area contributed by atoms with E-state index in [4.69, 9.17) is 4.74 Å². The molecule has 0 radical (unpaired) electrons. The smallest absolute Gasteiger partial charge is 0.338 e. The van der Waals surface area contributed by atoms with Crippen LogP contribution >= 0.6 is 0 Å². The van der Waals surface area contributed by atoms with Crippen LogP contribution < -0.4 is 10.6 Å². The maximum Gasteiger partial charge on any atom is 0.338 e. The number of rotatable bonds is 3. The van der Waals surface area contributed by atoms with Crippen LogP contribution in [-0.2, 0) is 9.53 Å². The summed E-state index contributed by atoms with van der Waals surface area (Å²) in [5.74, 6) is -2.02. The van der Waals surface area contributed by atoms with Crippen molar-refractivity contribution in [2.24, 2.45) is 0 Å². The predicted molar refractivity (Wildman–Crippen MR) is 63.9 cm³/mol. The lowest BCUT2D eigenvalue weighted by Gasteiger charge is -2.12. The molecule has 0 heterocycles. The molecule has 0 unspecified atom stereocenters. The summed E-state index contributed by atoms with van der Waals surface area (Å²) in [4.78, 5) is 33.9. The number of carbonyl (C=O) groups is 3. The molecule has 0 aromatic heterocycles. The van der Waals surface area contributed by atoms with Crippen LogP contribution in [0.25, 0.3) is 0 Å². The molecular weight excluding hydrogens is 255 g/mol. The fourth-order valence-corrected chi connectivity index (χ4v) is 1.14. The molecule has 0 bridgehead atoms. The van der Waals surface area contributed by atoms with E-state index >= 15 is 0 Å². The third kappa shape index (κ3) is 4.38. The second-order valence-corrected chi connectivity index (χ2v) is 3.62. The van der Waals surface area contributed by atoms with Crippen molar-refractivity contribution in [3.63, 3.8) is 0 Å². The Kier molecular flexibility index (Phi) is 4.99. The Labute approximate surface area is 108 Å². The average Bonchev–Trinajstić information content (AvgIpc) is 2.38. The number of nitrogens with one attached hydrogen (secondary N) is 2. The Morgan fingerprint density at radius 1 is 1.21 bits per heavy atom. The molecule has 2 N–H and O–H groups in total. The van der Waals surface area contributed by atoms with Crippen LogP contribution in [0.3, 0.4) is 0 Å². The SMILES string of the molecule is CNC(=O)NC(=O)[C@H](C)OC(=O)c1ccc(F)cc1. The number of hydrogen-bond acceptors (Lipinski definition) is 4. The predicted octanol–water partition coefficient (Wildman–Crippen LogP) is 0.827. The highest BCUT2D eigenvalue weighted by molar-refractivity contribution is 5.98. The summed E-state index contributed by atoms with van der Waals surface area (Å²) in [6.45, 7) is 1.32. The fraction of sp³-hybridized carbons (Fsp3) is 0.250. The van der Waals surface area contributed by atoms with Crippen molar-refractivity contribution >= 4 is 17.9 Å². The van der Waals surface area contributed by atoms with Crippen molar-refractivity contribution in [3.8, 4) is 0 Å². The second kappa shape index (κ2) is 6.48. The fourth-order valence-electron chi connectivity index (χ4n) is 1.14. The van der Waals surface area contributed by atoms with Gasteiger partial charge in [-0.15, -0.1) is 0 Å². The van der Waals surface area contributed by atoms with Gasteiger partial charge in [0.25, 0.3) is 5.91 Å². The lowest BCUT2D eigenvalue weighted by Crippen LogP contribution is -2.43. The number of amides is 3. The van der Waals surface area contributed by atoms with E-state index in [2.05, 4.69) is 5.32 Å². The van der Waals surface area contributed by atoms with Crippen molar-refractivity contribution in [2.75, 3.05) is 7.05 Å². The largest absolute Gasteiger partial charge is 0.449 e. The maximum atomic E-state index is 12.7. The first kappa shape index (κ1) is 14.6. The van der Waals surface area contributed by atoms with E-state index in [-0.39, 0.29) is 5.56 Å². The molecule has 6 nitrogen and oxygen atoms in total. The van der Waals surface area contributed by atoms with Gasteiger partial charge in [-0.3, -0.25) is 10.1 Å². The number of imide groups is 1. The molecule has 0 saturated carbocycles. The summed E-state index contributed by atoms with van der Waals surface area (Å²) in [5.41, 5.74) is 0.112. The molecule has 0 aliphatic heterocycles. The second-order valence-electron chi connectivity index (χ2n) is 3.62. The zero-order chi connectivity index (χ0) is 14.4. The van der Waals surface area contributed by atoms with E-state index in [0.717, 1.165) is 12.1 Å². The third-order valence-electron chi connectivity index (χ3n) is 2.20. The highest BCUT2D eigenvalue weighted by atomic mass is 19.1. The molecule has 0 aliphatic carbocycles. The molecular formula is C12H13FN2O4. The van der Waals surface area contributed by atoms with Gasteiger partial charge in [0.15, 0.2) is 6.10 Å².